The Kier molecular flexibility index (Phi) is 5.28. The molecule has 1 saturated carbocycles. The summed E-state index contributed by atoms with van der Waals surface area (Å²) in [4.78, 5) is 2.65. The summed E-state index contributed by atoms with van der Waals surface area (Å²) in [6.07, 6.45) is 5.48. The third-order valence-electron chi connectivity index (χ3n) is 3.92. The normalized spacial score (nSPS) is 16.7. The molecule has 1 aromatic carbocycles. The fourth-order valence-corrected chi connectivity index (χ4v) is 3.41. The lowest BCUT2D eigenvalue weighted by Crippen LogP contribution is -2.35. The molecule has 1 aromatic rings. The second-order valence-corrected chi connectivity index (χ2v) is 6.87. The summed E-state index contributed by atoms with van der Waals surface area (Å²) in [6.45, 7) is 6.78. The molecule has 0 spiro atoms. The van der Waals surface area contributed by atoms with Crippen LogP contribution in [0.3, 0.4) is 0 Å². The van der Waals surface area contributed by atoms with E-state index >= 15 is 0 Å². The first kappa shape index (κ1) is 14.9. The minimum atomic E-state index is 0.709. The number of nitrogens with two attached hydrogens (primary N) is 1. The molecule has 1 aliphatic carbocycles. The van der Waals surface area contributed by atoms with E-state index in [0.29, 0.717) is 5.92 Å². The number of hydrogen-bond acceptors (Lipinski definition) is 2. The standard InChI is InChI=1S/C16H25BrN2/c1-12(2)10-19(14-7-3-4-8-14)11-13-6-5-9-15(18)16(13)17/h5-6,9,12,14H,3-4,7-8,10-11,18H2,1-2H3. The van der Waals surface area contributed by atoms with E-state index in [9.17, 15) is 0 Å². The Morgan fingerprint density at radius 2 is 2.00 bits per heavy atom. The smallest absolute Gasteiger partial charge is 0.0461 e. The minimum Gasteiger partial charge on any atom is -0.398 e. The Bertz CT molecular complexity index is 411. The van der Waals surface area contributed by atoms with Gasteiger partial charge in [-0.3, -0.25) is 4.90 Å². The van der Waals surface area contributed by atoms with Gasteiger partial charge in [0.05, 0.1) is 0 Å². The van der Waals surface area contributed by atoms with E-state index in [1.165, 1.54) is 37.8 Å². The Morgan fingerprint density at radius 3 is 2.63 bits per heavy atom. The van der Waals surface area contributed by atoms with Crippen LogP contribution < -0.4 is 5.73 Å². The first-order chi connectivity index (χ1) is 9.08. The van der Waals surface area contributed by atoms with Crippen LogP contribution in [0.15, 0.2) is 22.7 Å². The van der Waals surface area contributed by atoms with E-state index in [1.807, 2.05) is 6.07 Å². The lowest BCUT2D eigenvalue weighted by molar-refractivity contribution is 0.168. The van der Waals surface area contributed by atoms with Crippen LogP contribution in [0, 0.1) is 5.92 Å². The summed E-state index contributed by atoms with van der Waals surface area (Å²) in [6, 6.07) is 6.95. The van der Waals surface area contributed by atoms with Gasteiger partial charge < -0.3 is 5.73 Å². The molecule has 0 saturated heterocycles. The average Bonchev–Trinajstić information content (AvgIpc) is 2.87. The highest BCUT2D eigenvalue weighted by molar-refractivity contribution is 9.10. The van der Waals surface area contributed by atoms with Gasteiger partial charge in [-0.15, -0.1) is 0 Å². The van der Waals surface area contributed by atoms with Gasteiger partial charge in [-0.2, -0.15) is 0 Å². The third-order valence-corrected chi connectivity index (χ3v) is 4.89. The highest BCUT2D eigenvalue weighted by Gasteiger charge is 2.23. The van der Waals surface area contributed by atoms with Crippen molar-refractivity contribution in [3.63, 3.8) is 0 Å². The molecule has 106 valence electrons. The zero-order chi connectivity index (χ0) is 13.8. The molecular formula is C16H25BrN2. The number of nitrogen functional groups attached to an aromatic ring is 1. The van der Waals surface area contributed by atoms with Crippen LogP contribution in [0.1, 0.15) is 45.1 Å². The van der Waals surface area contributed by atoms with Crippen molar-refractivity contribution in [3.8, 4) is 0 Å². The Hall–Kier alpha value is -0.540. The maximum absolute atomic E-state index is 5.99. The lowest BCUT2D eigenvalue weighted by Gasteiger charge is -2.31. The lowest BCUT2D eigenvalue weighted by atomic mass is 10.1. The van der Waals surface area contributed by atoms with Crippen LogP contribution in [0.4, 0.5) is 5.69 Å². The fraction of sp³-hybridized carbons (Fsp3) is 0.625. The highest BCUT2D eigenvalue weighted by Crippen LogP contribution is 2.29. The number of nitrogens with zero attached hydrogens (tertiary/aromatic N) is 1. The van der Waals surface area contributed by atoms with Crippen molar-refractivity contribution in [2.24, 2.45) is 5.92 Å². The van der Waals surface area contributed by atoms with Gasteiger partial charge in [-0.05, 0) is 46.3 Å². The van der Waals surface area contributed by atoms with Crippen LogP contribution in [0.5, 0.6) is 0 Å². The monoisotopic (exact) mass is 324 g/mol. The molecule has 3 heteroatoms. The Morgan fingerprint density at radius 1 is 1.32 bits per heavy atom. The summed E-state index contributed by atoms with van der Waals surface area (Å²) < 4.78 is 1.07. The van der Waals surface area contributed by atoms with Gasteiger partial charge in [0.2, 0.25) is 0 Å². The molecule has 0 radical (unpaired) electrons. The molecule has 1 fully saturated rings. The van der Waals surface area contributed by atoms with Crippen molar-refractivity contribution in [3.05, 3.63) is 28.2 Å². The first-order valence-electron chi connectivity index (χ1n) is 7.35. The average molecular weight is 325 g/mol. The highest BCUT2D eigenvalue weighted by atomic mass is 79.9. The van der Waals surface area contributed by atoms with E-state index in [0.717, 1.165) is 22.7 Å². The van der Waals surface area contributed by atoms with Crippen molar-refractivity contribution >= 4 is 21.6 Å². The summed E-state index contributed by atoms with van der Waals surface area (Å²) in [7, 11) is 0. The molecule has 2 nitrogen and oxygen atoms in total. The van der Waals surface area contributed by atoms with E-state index in [4.69, 9.17) is 5.73 Å². The van der Waals surface area contributed by atoms with Crippen molar-refractivity contribution in [2.45, 2.75) is 52.1 Å². The molecule has 19 heavy (non-hydrogen) atoms. The number of halogens is 1. The zero-order valence-corrected chi connectivity index (χ0v) is 13.6. The molecular weight excluding hydrogens is 300 g/mol. The second-order valence-electron chi connectivity index (χ2n) is 6.08. The molecule has 0 heterocycles. The van der Waals surface area contributed by atoms with Gasteiger partial charge in [-0.1, -0.05) is 38.8 Å². The van der Waals surface area contributed by atoms with Gasteiger partial charge in [0.1, 0.15) is 0 Å². The van der Waals surface area contributed by atoms with Crippen LogP contribution >= 0.6 is 15.9 Å². The van der Waals surface area contributed by atoms with Gasteiger partial charge in [0.25, 0.3) is 0 Å². The summed E-state index contributed by atoms with van der Waals surface area (Å²) in [5.74, 6) is 0.709. The SMILES string of the molecule is CC(C)CN(Cc1cccc(N)c1Br)C1CCCC1. The number of anilines is 1. The first-order valence-corrected chi connectivity index (χ1v) is 8.14. The Labute approximate surface area is 125 Å². The molecule has 0 atom stereocenters. The summed E-state index contributed by atoms with van der Waals surface area (Å²) in [5, 5.41) is 0. The van der Waals surface area contributed by atoms with Gasteiger partial charge in [-0.25, -0.2) is 0 Å². The van der Waals surface area contributed by atoms with Crippen LogP contribution in [0.25, 0.3) is 0 Å². The zero-order valence-electron chi connectivity index (χ0n) is 12.0. The van der Waals surface area contributed by atoms with Crippen LogP contribution in [-0.2, 0) is 6.54 Å². The number of benzene rings is 1. The van der Waals surface area contributed by atoms with Crippen molar-refractivity contribution in [2.75, 3.05) is 12.3 Å². The maximum atomic E-state index is 5.99. The Balaban J connectivity index is 2.12. The number of rotatable bonds is 5. The third kappa shape index (κ3) is 3.96. The predicted octanol–water partition coefficient (Wildman–Crippen LogP) is 4.43. The van der Waals surface area contributed by atoms with Crippen molar-refractivity contribution < 1.29 is 0 Å². The minimum absolute atomic E-state index is 0.709. The molecule has 2 rings (SSSR count). The molecule has 0 aliphatic heterocycles. The molecule has 0 aromatic heterocycles. The predicted molar refractivity (Wildman–Crippen MR) is 86.1 cm³/mol. The molecule has 0 bridgehead atoms. The number of hydrogen-bond donors (Lipinski definition) is 1. The maximum Gasteiger partial charge on any atom is 0.0461 e. The van der Waals surface area contributed by atoms with E-state index in [2.05, 4.69) is 46.8 Å². The molecule has 0 amide bonds. The van der Waals surface area contributed by atoms with Crippen molar-refractivity contribution in [1.82, 2.24) is 4.90 Å². The van der Waals surface area contributed by atoms with Crippen molar-refractivity contribution in [1.29, 1.82) is 0 Å². The van der Waals surface area contributed by atoms with E-state index < -0.39 is 0 Å². The molecule has 1 aliphatic rings. The summed E-state index contributed by atoms with van der Waals surface area (Å²) >= 11 is 3.63. The van der Waals surface area contributed by atoms with Gasteiger partial charge in [0.15, 0.2) is 0 Å². The van der Waals surface area contributed by atoms with E-state index in [-0.39, 0.29) is 0 Å². The van der Waals surface area contributed by atoms with Crippen LogP contribution in [-0.4, -0.2) is 17.5 Å². The quantitative estimate of drug-likeness (QED) is 0.812. The van der Waals surface area contributed by atoms with Crippen LogP contribution in [0.2, 0.25) is 0 Å². The van der Waals surface area contributed by atoms with Gasteiger partial charge >= 0.3 is 0 Å². The fourth-order valence-electron chi connectivity index (χ4n) is 3.02. The van der Waals surface area contributed by atoms with Gasteiger partial charge in [0, 0.05) is 29.3 Å². The topological polar surface area (TPSA) is 29.3 Å². The molecule has 2 N–H and O–H groups in total. The summed E-state index contributed by atoms with van der Waals surface area (Å²) in [5.41, 5.74) is 8.14. The largest absolute Gasteiger partial charge is 0.398 e. The molecule has 0 unspecified atom stereocenters. The van der Waals surface area contributed by atoms with E-state index in [1.54, 1.807) is 0 Å². The second kappa shape index (κ2) is 6.76.